The normalized spacial score (nSPS) is 14.4. The fourth-order valence-electron chi connectivity index (χ4n) is 3.49. The molecule has 0 radical (unpaired) electrons. The van der Waals surface area contributed by atoms with Crippen molar-refractivity contribution in [2.45, 2.75) is 29.8 Å². The molecule has 5 heterocycles. The largest absolute Gasteiger partial charge is 0.298 e. The Morgan fingerprint density at radius 1 is 1.14 bits per heavy atom. The highest BCUT2D eigenvalue weighted by Gasteiger charge is 2.30. The summed E-state index contributed by atoms with van der Waals surface area (Å²) in [5.74, 6) is 2.89. The molecule has 0 atom stereocenters. The molecular formula is C18H15N7OS3. The van der Waals surface area contributed by atoms with Gasteiger partial charge in [0.1, 0.15) is 10.5 Å². The van der Waals surface area contributed by atoms with Crippen molar-refractivity contribution in [3.05, 3.63) is 45.1 Å². The quantitative estimate of drug-likeness (QED) is 0.388. The minimum atomic E-state index is -0.0387. The number of hydrogen-bond acceptors (Lipinski definition) is 8. The molecular weight excluding hydrogens is 426 g/mol. The molecule has 0 aromatic carbocycles. The molecule has 0 amide bonds. The number of aryl methyl sites for hydroxylation is 1. The second-order valence-corrected chi connectivity index (χ2v) is 9.73. The summed E-state index contributed by atoms with van der Waals surface area (Å²) in [7, 11) is 1.74. The van der Waals surface area contributed by atoms with Gasteiger partial charge in [0.2, 0.25) is 5.78 Å². The highest BCUT2D eigenvalue weighted by Crippen LogP contribution is 2.42. The Hall–Kier alpha value is -2.50. The van der Waals surface area contributed by atoms with Gasteiger partial charge in [-0.15, -0.1) is 43.1 Å². The van der Waals surface area contributed by atoms with Crippen molar-refractivity contribution >= 4 is 50.4 Å². The molecule has 0 unspecified atom stereocenters. The Bertz CT molecular complexity index is 1400. The molecule has 0 saturated heterocycles. The lowest BCUT2D eigenvalue weighted by atomic mass is 10.4. The summed E-state index contributed by atoms with van der Waals surface area (Å²) in [6, 6.07) is 6.55. The van der Waals surface area contributed by atoms with Crippen molar-refractivity contribution in [2.24, 2.45) is 7.05 Å². The van der Waals surface area contributed by atoms with Crippen LogP contribution in [0, 0.1) is 0 Å². The van der Waals surface area contributed by atoms with Gasteiger partial charge < -0.3 is 0 Å². The van der Waals surface area contributed by atoms with Gasteiger partial charge in [-0.3, -0.25) is 18.3 Å². The molecule has 0 bridgehead atoms. The lowest BCUT2D eigenvalue weighted by Crippen LogP contribution is -2.19. The van der Waals surface area contributed by atoms with E-state index < -0.39 is 0 Å². The molecule has 8 nitrogen and oxygen atoms in total. The number of hydrogen-bond donors (Lipinski definition) is 0. The number of aromatic nitrogens is 7. The monoisotopic (exact) mass is 441 g/mol. The Kier molecular flexibility index (Phi) is 3.90. The topological polar surface area (TPSA) is 82.9 Å². The molecule has 5 aromatic rings. The van der Waals surface area contributed by atoms with Gasteiger partial charge >= 0.3 is 0 Å². The van der Waals surface area contributed by atoms with Crippen LogP contribution in [0.25, 0.3) is 26.7 Å². The molecule has 0 aliphatic heterocycles. The first-order chi connectivity index (χ1) is 14.2. The molecule has 1 saturated carbocycles. The van der Waals surface area contributed by atoms with E-state index in [1.165, 1.54) is 11.3 Å². The van der Waals surface area contributed by atoms with E-state index in [-0.39, 0.29) is 5.56 Å². The fourth-order valence-corrected chi connectivity index (χ4v) is 5.96. The lowest BCUT2D eigenvalue weighted by molar-refractivity contribution is 0.669. The van der Waals surface area contributed by atoms with Gasteiger partial charge in [0.25, 0.3) is 5.56 Å². The SMILES string of the molecule is Cn1c(=O)c2sccc2n2c(CSc3nnc(-c4cccs4)n3C3CC3)nnc12. The fraction of sp³-hybridized carbons (Fsp3) is 0.278. The molecule has 146 valence electrons. The molecule has 0 N–H and O–H groups in total. The van der Waals surface area contributed by atoms with Crippen LogP contribution in [0.5, 0.6) is 0 Å². The van der Waals surface area contributed by atoms with E-state index in [0.29, 0.717) is 22.3 Å². The summed E-state index contributed by atoms with van der Waals surface area (Å²) >= 11 is 4.74. The van der Waals surface area contributed by atoms with Gasteiger partial charge in [-0.05, 0) is 35.7 Å². The van der Waals surface area contributed by atoms with Crippen molar-refractivity contribution in [2.75, 3.05) is 0 Å². The zero-order valence-electron chi connectivity index (χ0n) is 15.3. The number of rotatable bonds is 5. The number of nitrogens with zero attached hydrogens (tertiary/aromatic N) is 7. The first kappa shape index (κ1) is 17.4. The van der Waals surface area contributed by atoms with Crippen molar-refractivity contribution in [1.29, 1.82) is 0 Å². The second-order valence-electron chi connectivity index (χ2n) is 6.92. The van der Waals surface area contributed by atoms with Crippen LogP contribution in [-0.4, -0.2) is 33.9 Å². The van der Waals surface area contributed by atoms with Crippen LogP contribution < -0.4 is 5.56 Å². The summed E-state index contributed by atoms with van der Waals surface area (Å²) < 4.78 is 6.50. The lowest BCUT2D eigenvalue weighted by Gasteiger charge is -2.08. The van der Waals surface area contributed by atoms with Crippen molar-refractivity contribution in [3.63, 3.8) is 0 Å². The van der Waals surface area contributed by atoms with Gasteiger partial charge in [0.15, 0.2) is 11.0 Å². The first-order valence-electron chi connectivity index (χ1n) is 9.14. The van der Waals surface area contributed by atoms with E-state index in [1.54, 1.807) is 34.7 Å². The minimum Gasteiger partial charge on any atom is -0.298 e. The zero-order valence-corrected chi connectivity index (χ0v) is 17.8. The standard InChI is InChI=1S/C18H15N7OS3/c1-23-16(26)14-11(6-8-28-14)25-13(19-21-17(23)25)9-29-18-22-20-15(12-3-2-7-27-12)24(18)10-4-5-10/h2-3,6-8,10H,4-5,9H2,1H3. The maximum atomic E-state index is 12.5. The van der Waals surface area contributed by atoms with Gasteiger partial charge in [0, 0.05) is 13.1 Å². The van der Waals surface area contributed by atoms with Crippen LogP contribution in [0.15, 0.2) is 38.9 Å². The van der Waals surface area contributed by atoms with Crippen LogP contribution in [0.1, 0.15) is 24.7 Å². The van der Waals surface area contributed by atoms with E-state index >= 15 is 0 Å². The molecule has 11 heteroatoms. The van der Waals surface area contributed by atoms with Crippen molar-refractivity contribution in [1.82, 2.24) is 33.9 Å². The van der Waals surface area contributed by atoms with E-state index in [1.807, 2.05) is 21.9 Å². The van der Waals surface area contributed by atoms with Gasteiger partial charge in [0.05, 0.1) is 16.1 Å². The van der Waals surface area contributed by atoms with E-state index in [4.69, 9.17) is 0 Å². The summed E-state index contributed by atoms with van der Waals surface area (Å²) in [5, 5.41) is 22.5. The zero-order chi connectivity index (χ0) is 19.5. The summed E-state index contributed by atoms with van der Waals surface area (Å²) in [6.07, 6.45) is 2.32. The molecule has 0 spiro atoms. The Labute approximate surface area is 176 Å². The van der Waals surface area contributed by atoms with E-state index in [9.17, 15) is 4.79 Å². The molecule has 5 aromatic heterocycles. The van der Waals surface area contributed by atoms with Gasteiger partial charge in [-0.1, -0.05) is 17.8 Å². The maximum absolute atomic E-state index is 12.5. The highest BCUT2D eigenvalue weighted by atomic mass is 32.2. The first-order valence-corrected chi connectivity index (χ1v) is 11.9. The van der Waals surface area contributed by atoms with Crippen LogP contribution in [0.2, 0.25) is 0 Å². The molecule has 1 aliphatic carbocycles. The average molecular weight is 442 g/mol. The Morgan fingerprint density at radius 3 is 2.83 bits per heavy atom. The highest BCUT2D eigenvalue weighted by molar-refractivity contribution is 7.98. The van der Waals surface area contributed by atoms with Crippen LogP contribution in [0.3, 0.4) is 0 Å². The summed E-state index contributed by atoms with van der Waals surface area (Å²) in [5.41, 5.74) is 0.819. The average Bonchev–Trinajstić information content (AvgIpc) is 3.21. The predicted octanol–water partition coefficient (Wildman–Crippen LogP) is 3.59. The third-order valence-corrected chi connectivity index (χ3v) is 7.74. The van der Waals surface area contributed by atoms with Gasteiger partial charge in [-0.25, -0.2) is 0 Å². The van der Waals surface area contributed by atoms with E-state index in [2.05, 4.69) is 36.4 Å². The molecule has 29 heavy (non-hydrogen) atoms. The number of fused-ring (bicyclic) bond motifs is 3. The third kappa shape index (κ3) is 2.68. The minimum absolute atomic E-state index is 0.0387. The third-order valence-electron chi connectivity index (χ3n) is 5.05. The van der Waals surface area contributed by atoms with Crippen molar-refractivity contribution in [3.8, 4) is 10.7 Å². The molecule has 1 aliphatic rings. The van der Waals surface area contributed by atoms with Crippen LogP contribution in [0.4, 0.5) is 0 Å². The number of thioether (sulfide) groups is 1. The predicted molar refractivity (Wildman–Crippen MR) is 115 cm³/mol. The second kappa shape index (κ2) is 6.51. The molecule has 1 fully saturated rings. The van der Waals surface area contributed by atoms with Crippen LogP contribution >= 0.6 is 34.4 Å². The Balaban J connectivity index is 1.40. The number of thiophene rings is 2. The maximum Gasteiger partial charge on any atom is 0.272 e. The van der Waals surface area contributed by atoms with Crippen molar-refractivity contribution < 1.29 is 0 Å². The molecule has 6 rings (SSSR count). The smallest absolute Gasteiger partial charge is 0.272 e. The summed E-state index contributed by atoms with van der Waals surface area (Å²) in [4.78, 5) is 13.6. The Morgan fingerprint density at radius 2 is 2.03 bits per heavy atom. The van der Waals surface area contributed by atoms with E-state index in [0.717, 1.165) is 40.0 Å². The van der Waals surface area contributed by atoms with Crippen LogP contribution in [-0.2, 0) is 12.8 Å². The summed E-state index contributed by atoms with van der Waals surface area (Å²) in [6.45, 7) is 0. The van der Waals surface area contributed by atoms with Gasteiger partial charge in [-0.2, -0.15) is 0 Å².